The maximum Gasteiger partial charge on any atom is 1.00 e. The number of carboxylic acids is 1. The third-order valence-corrected chi connectivity index (χ3v) is 12.7. The van der Waals surface area contributed by atoms with Crippen molar-refractivity contribution in [3.8, 4) is 34.4 Å². The Bertz CT molecular complexity index is 3650. The van der Waals surface area contributed by atoms with Gasteiger partial charge in [0.1, 0.15) is 16.6 Å². The summed E-state index contributed by atoms with van der Waals surface area (Å²) < 4.78 is 27.6. The minimum atomic E-state index is -0.997. The van der Waals surface area contributed by atoms with Crippen molar-refractivity contribution in [3.63, 3.8) is 0 Å². The van der Waals surface area contributed by atoms with Crippen LogP contribution in [0, 0.1) is 0 Å². The number of carboxylic acid groups (broad SMARTS) is 1. The molecule has 6 heterocycles. The van der Waals surface area contributed by atoms with Crippen molar-refractivity contribution in [3.05, 3.63) is 149 Å². The van der Waals surface area contributed by atoms with Crippen LogP contribution in [0.5, 0.6) is 0 Å². The Morgan fingerprint density at radius 2 is 0.974 bits per heavy atom. The molecule has 0 bridgehead atoms. The Kier molecular flexibility index (Phi) is 19.2. The van der Waals surface area contributed by atoms with Gasteiger partial charge in [-0.2, -0.15) is 0 Å². The maximum atomic E-state index is 11.9. The van der Waals surface area contributed by atoms with E-state index in [1.54, 1.807) is 64.4 Å². The van der Waals surface area contributed by atoms with E-state index in [-0.39, 0.29) is 72.1 Å². The number of aromatic carboxylic acids is 1. The second kappa shape index (κ2) is 25.9. The van der Waals surface area contributed by atoms with Crippen LogP contribution >= 0.6 is 15.9 Å². The molecule has 388 valence electrons. The summed E-state index contributed by atoms with van der Waals surface area (Å²) in [5.41, 5.74) is 8.76. The van der Waals surface area contributed by atoms with E-state index < -0.39 is 11.9 Å². The van der Waals surface area contributed by atoms with Gasteiger partial charge in [-0.1, -0.05) is 34.1 Å². The predicted octanol–water partition coefficient (Wildman–Crippen LogP) is 4.68. The van der Waals surface area contributed by atoms with Gasteiger partial charge in [0.05, 0.1) is 30.9 Å². The molecular formula is C56H47BrILiN6O12. The zero-order valence-electron chi connectivity index (χ0n) is 41.9. The Morgan fingerprint density at radius 1 is 0.558 bits per heavy atom. The molecule has 3 aromatic heterocycles. The van der Waals surface area contributed by atoms with E-state index in [0.29, 0.717) is 80.6 Å². The molecule has 0 aliphatic carbocycles. The monoisotopic (exact) mass is 1210 g/mol. The van der Waals surface area contributed by atoms with Gasteiger partial charge in [0.15, 0.2) is 16.7 Å². The van der Waals surface area contributed by atoms with Crippen LogP contribution in [-0.2, 0) is 23.9 Å². The number of methoxy groups -OCH3 is 2. The zero-order chi connectivity index (χ0) is 52.6. The van der Waals surface area contributed by atoms with Gasteiger partial charge in [-0.25, -0.2) is 29.3 Å². The molecule has 0 unspecified atom stereocenters. The minimum absolute atomic E-state index is 0. The summed E-state index contributed by atoms with van der Waals surface area (Å²) in [4.78, 5) is 85.1. The summed E-state index contributed by atoms with van der Waals surface area (Å²) in [6, 6.07) is 37.0. The van der Waals surface area contributed by atoms with Crippen LogP contribution in [0.15, 0.2) is 145 Å². The van der Waals surface area contributed by atoms with Crippen LogP contribution in [0.1, 0.15) is 69.6 Å². The van der Waals surface area contributed by atoms with E-state index in [0.717, 1.165) is 72.2 Å². The topological polar surface area (TPSA) is 238 Å². The number of rotatable bonds is 8. The fourth-order valence-electron chi connectivity index (χ4n) is 8.43. The normalized spacial score (nSPS) is 13.6. The Hall–Kier alpha value is -7.64. The number of aromatic nitrogens is 3. The number of amides is 3. The number of esters is 2. The van der Waals surface area contributed by atoms with E-state index in [9.17, 15) is 28.8 Å². The SMILES string of the molecule is COC(=O)c1cccc(-c2nc3cc(Br)ccc3o2)c1.COC(=O)c1cccc(-c2nc3cc(N4CCCC4=O)ccc3o2)c1.O=C(O)c1cccc(-c2nc3cc(N4CCCC4=O)ccc3o2)c1.O=C1CCCN1.[I-].[Li+]. The summed E-state index contributed by atoms with van der Waals surface area (Å²) in [6.07, 6.45) is 4.66. The second-order valence-electron chi connectivity index (χ2n) is 17.3. The molecule has 0 radical (unpaired) electrons. The summed E-state index contributed by atoms with van der Waals surface area (Å²) in [6.45, 7) is 2.34. The molecule has 3 amide bonds. The van der Waals surface area contributed by atoms with E-state index >= 15 is 0 Å². The van der Waals surface area contributed by atoms with Crippen molar-refractivity contribution in [2.24, 2.45) is 0 Å². The number of nitrogens with zero attached hydrogens (tertiary/aromatic N) is 5. The van der Waals surface area contributed by atoms with E-state index in [4.69, 9.17) is 27.8 Å². The Labute approximate surface area is 477 Å². The largest absolute Gasteiger partial charge is 1.00 e. The zero-order valence-corrected chi connectivity index (χ0v) is 45.7. The molecule has 18 nitrogen and oxygen atoms in total. The molecule has 6 aromatic carbocycles. The van der Waals surface area contributed by atoms with Gasteiger partial charge < -0.3 is 66.9 Å². The van der Waals surface area contributed by atoms with Crippen molar-refractivity contribution in [2.45, 2.75) is 38.5 Å². The van der Waals surface area contributed by atoms with Gasteiger partial charge >= 0.3 is 36.8 Å². The van der Waals surface area contributed by atoms with Gasteiger partial charge in [0.25, 0.3) is 0 Å². The van der Waals surface area contributed by atoms with Gasteiger partial charge in [-0.3, -0.25) is 14.4 Å². The molecule has 3 saturated heterocycles. The van der Waals surface area contributed by atoms with Gasteiger partial charge in [0, 0.05) is 71.4 Å². The molecule has 0 atom stereocenters. The number of benzene rings is 6. The van der Waals surface area contributed by atoms with Crippen LogP contribution in [0.4, 0.5) is 11.4 Å². The molecule has 0 spiro atoms. The summed E-state index contributed by atoms with van der Waals surface area (Å²) in [5.74, 6) is -0.0788. The average Bonchev–Trinajstić information content (AvgIpc) is 4.36. The van der Waals surface area contributed by atoms with E-state index in [1.165, 1.54) is 26.4 Å². The number of nitrogens with one attached hydrogen (secondary N) is 1. The van der Waals surface area contributed by atoms with Crippen LogP contribution in [0.3, 0.4) is 0 Å². The van der Waals surface area contributed by atoms with Gasteiger partial charge in [-0.15, -0.1) is 0 Å². The molecule has 9 aromatic rings. The number of hydrogen-bond donors (Lipinski definition) is 2. The van der Waals surface area contributed by atoms with Crippen LogP contribution < -0.4 is 58.0 Å². The third kappa shape index (κ3) is 13.7. The number of hydrogen-bond acceptors (Lipinski definition) is 14. The number of anilines is 2. The Morgan fingerprint density at radius 3 is 1.34 bits per heavy atom. The number of oxazole rings is 3. The fourth-order valence-corrected chi connectivity index (χ4v) is 8.77. The molecule has 21 heteroatoms. The number of halogens is 2. The molecule has 12 rings (SSSR count). The molecular weight excluding hydrogens is 1160 g/mol. The second-order valence-corrected chi connectivity index (χ2v) is 18.2. The molecule has 3 fully saturated rings. The van der Waals surface area contributed by atoms with E-state index in [1.807, 2.05) is 60.7 Å². The maximum absolute atomic E-state index is 11.9. The number of carbonyl (C=O) groups is 6. The minimum Gasteiger partial charge on any atom is -1.00 e. The van der Waals surface area contributed by atoms with Crippen molar-refractivity contribution in [1.29, 1.82) is 0 Å². The summed E-state index contributed by atoms with van der Waals surface area (Å²) in [7, 11) is 2.70. The Balaban J connectivity index is 0.000000158. The van der Waals surface area contributed by atoms with Crippen molar-refractivity contribution >= 4 is 96.2 Å². The van der Waals surface area contributed by atoms with Crippen LogP contribution in [0.25, 0.3) is 67.7 Å². The summed E-state index contributed by atoms with van der Waals surface area (Å²) >= 11 is 3.40. The number of fused-ring (bicyclic) bond motifs is 3. The molecule has 3 aliphatic rings. The van der Waals surface area contributed by atoms with Crippen molar-refractivity contribution in [1.82, 2.24) is 20.3 Å². The van der Waals surface area contributed by atoms with E-state index in [2.05, 4.69) is 36.2 Å². The first kappa shape index (κ1) is 57.1. The molecule has 77 heavy (non-hydrogen) atoms. The van der Waals surface area contributed by atoms with Gasteiger partial charge in [0.2, 0.25) is 35.4 Å². The van der Waals surface area contributed by atoms with Crippen LogP contribution in [-0.4, -0.2) is 89.5 Å². The number of ether oxygens (including phenoxy) is 2. The first-order valence-electron chi connectivity index (χ1n) is 23.8. The average molecular weight is 1210 g/mol. The third-order valence-electron chi connectivity index (χ3n) is 12.2. The molecule has 0 saturated carbocycles. The standard InChI is InChI=1S/C19H16N2O4.C18H14N2O4.C15H10BrNO3.C4H7NO.HI.Li/c1-24-19(23)13-5-2-4-12(10-13)18-20-15-11-14(7-8-16(15)25-18)21-9-3-6-17(21)22;21-16-5-2-8-20(16)13-6-7-15-14(10-13)19-17(24-15)11-3-1-4-12(9-11)18(22)23;1-19-15(18)10-4-2-3-9(7-10)14-17-12-8-11(16)5-6-13(12)20-14;6-4-2-1-3-5-4;;/h2,4-5,7-8,10-11H,3,6,9H2,1H3;1,3-4,6-7,9-10H,2,5,8H2,(H,22,23);2-8H,1H3;1-3H2,(H,5,6);1H;/q;;;;;+1/p-1. The van der Waals surface area contributed by atoms with Gasteiger partial charge in [-0.05, 0) is 128 Å². The summed E-state index contributed by atoms with van der Waals surface area (Å²) in [5, 5.41) is 11.8. The molecule has 2 N–H and O–H groups in total. The first-order chi connectivity index (χ1) is 36.3. The predicted molar refractivity (Wildman–Crippen MR) is 281 cm³/mol. The quantitative estimate of drug-likeness (QED) is 0.119. The number of carbonyl (C=O) groups excluding carboxylic acids is 5. The van der Waals surface area contributed by atoms with Crippen molar-refractivity contribution < 1.29 is 99.4 Å². The van der Waals surface area contributed by atoms with Crippen LogP contribution in [0.2, 0.25) is 0 Å². The fraction of sp³-hybridized carbons (Fsp3) is 0.196. The first-order valence-corrected chi connectivity index (χ1v) is 24.6. The molecule has 3 aliphatic heterocycles. The van der Waals surface area contributed by atoms with Crippen molar-refractivity contribution in [2.75, 3.05) is 43.7 Å². The smallest absolute Gasteiger partial charge is 1.00 e.